The van der Waals surface area contributed by atoms with Crippen molar-refractivity contribution in [1.82, 2.24) is 30.1 Å². The van der Waals surface area contributed by atoms with Crippen LogP contribution in [-0.4, -0.2) is 30.1 Å². The molecule has 8 nitrogen and oxygen atoms in total. The van der Waals surface area contributed by atoms with E-state index in [0.717, 1.165) is 27.8 Å². The number of aromatic nitrogens is 5. The van der Waals surface area contributed by atoms with Crippen molar-refractivity contribution in [2.24, 2.45) is 0 Å². The SMILES string of the molecule is Cc1cccc2cc([C@H](c3nnnn3C(C)(C)C)N(Cc3ccccc3)Cc3ccco3)c(=O)[nH]c12. The van der Waals surface area contributed by atoms with E-state index in [1.807, 2.05) is 82.3 Å². The number of para-hydroxylation sites is 1. The van der Waals surface area contributed by atoms with Crippen molar-refractivity contribution in [3.63, 3.8) is 0 Å². The summed E-state index contributed by atoms with van der Waals surface area (Å²) in [7, 11) is 0. The van der Waals surface area contributed by atoms with Crippen molar-refractivity contribution in [3.05, 3.63) is 112 Å². The summed E-state index contributed by atoms with van der Waals surface area (Å²) in [6.45, 7) is 9.17. The van der Waals surface area contributed by atoms with E-state index >= 15 is 0 Å². The third-order valence-electron chi connectivity index (χ3n) is 6.32. The Morgan fingerprint density at radius 1 is 1.03 bits per heavy atom. The Hall–Kier alpha value is -4.04. The lowest BCUT2D eigenvalue weighted by molar-refractivity contribution is 0.171. The fraction of sp³-hybridized carbons (Fsp3) is 0.286. The maximum Gasteiger partial charge on any atom is 0.253 e. The minimum absolute atomic E-state index is 0.164. The van der Waals surface area contributed by atoms with E-state index in [0.29, 0.717) is 24.5 Å². The molecular weight excluding hydrogens is 452 g/mol. The van der Waals surface area contributed by atoms with Crippen LogP contribution in [0.2, 0.25) is 0 Å². The van der Waals surface area contributed by atoms with Crippen molar-refractivity contribution >= 4 is 10.9 Å². The fourth-order valence-electron chi connectivity index (χ4n) is 4.60. The Morgan fingerprint density at radius 3 is 2.56 bits per heavy atom. The average Bonchev–Trinajstić information content (AvgIpc) is 3.53. The van der Waals surface area contributed by atoms with E-state index in [1.165, 1.54) is 0 Å². The van der Waals surface area contributed by atoms with E-state index in [9.17, 15) is 4.79 Å². The van der Waals surface area contributed by atoms with Gasteiger partial charge in [-0.25, -0.2) is 4.68 Å². The molecular formula is C28H30N6O2. The first-order valence-corrected chi connectivity index (χ1v) is 12.0. The van der Waals surface area contributed by atoms with Crippen LogP contribution in [0.25, 0.3) is 10.9 Å². The Bertz CT molecular complexity index is 1510. The number of hydrogen-bond donors (Lipinski definition) is 1. The predicted octanol–water partition coefficient (Wildman–Crippen LogP) is 4.96. The Balaban J connectivity index is 1.73. The maximum atomic E-state index is 13.7. The lowest BCUT2D eigenvalue weighted by Gasteiger charge is -2.32. The van der Waals surface area contributed by atoms with E-state index in [-0.39, 0.29) is 11.1 Å². The van der Waals surface area contributed by atoms with Crippen LogP contribution in [0.5, 0.6) is 0 Å². The summed E-state index contributed by atoms with van der Waals surface area (Å²) in [6, 6.07) is 21.4. The van der Waals surface area contributed by atoms with Crippen LogP contribution in [0.3, 0.4) is 0 Å². The first-order chi connectivity index (χ1) is 17.3. The summed E-state index contributed by atoms with van der Waals surface area (Å²) >= 11 is 0. The lowest BCUT2D eigenvalue weighted by atomic mass is 10.00. The first-order valence-electron chi connectivity index (χ1n) is 12.0. The van der Waals surface area contributed by atoms with Crippen LogP contribution in [0.4, 0.5) is 0 Å². The van der Waals surface area contributed by atoms with Crippen molar-refractivity contribution in [2.45, 2.75) is 52.4 Å². The zero-order valence-corrected chi connectivity index (χ0v) is 21.0. The van der Waals surface area contributed by atoms with E-state index in [2.05, 4.69) is 37.5 Å². The molecule has 0 saturated carbocycles. The van der Waals surface area contributed by atoms with Crippen molar-refractivity contribution in [3.8, 4) is 0 Å². The van der Waals surface area contributed by atoms with Gasteiger partial charge in [0.2, 0.25) is 0 Å². The average molecular weight is 483 g/mol. The number of aromatic amines is 1. The van der Waals surface area contributed by atoms with Gasteiger partial charge in [0.05, 0.1) is 23.9 Å². The molecule has 0 amide bonds. The molecule has 8 heteroatoms. The third-order valence-corrected chi connectivity index (χ3v) is 6.32. The molecule has 0 aliphatic heterocycles. The standard InChI is InChI=1S/C28H30N6O2/c1-19-10-8-13-21-16-23(27(35)29-24(19)21)25(26-30-31-32-34(26)28(2,3)4)33(18-22-14-9-15-36-22)17-20-11-6-5-7-12-20/h5-16,25H,17-18H2,1-4H3,(H,29,35)/t25-/m1/s1. The molecule has 0 bridgehead atoms. The Morgan fingerprint density at radius 2 is 1.83 bits per heavy atom. The largest absolute Gasteiger partial charge is 0.468 e. The molecule has 0 unspecified atom stereocenters. The van der Waals surface area contributed by atoms with Crippen LogP contribution < -0.4 is 5.56 Å². The summed E-state index contributed by atoms with van der Waals surface area (Å²) in [5.41, 5.74) is 2.99. The number of H-pyrrole nitrogens is 1. The molecule has 5 aromatic rings. The molecule has 0 spiro atoms. The lowest BCUT2D eigenvalue weighted by Crippen LogP contribution is -2.37. The second-order valence-electron chi connectivity index (χ2n) is 10.1. The predicted molar refractivity (Wildman–Crippen MR) is 138 cm³/mol. The minimum atomic E-state index is -0.529. The van der Waals surface area contributed by atoms with Gasteiger partial charge < -0.3 is 9.40 Å². The molecule has 1 N–H and O–H groups in total. The van der Waals surface area contributed by atoms with Crippen LogP contribution in [-0.2, 0) is 18.6 Å². The van der Waals surface area contributed by atoms with Crippen LogP contribution in [0.1, 0.15) is 55.1 Å². The highest BCUT2D eigenvalue weighted by Gasteiger charge is 2.34. The van der Waals surface area contributed by atoms with Gasteiger partial charge in [0.1, 0.15) is 11.8 Å². The molecule has 0 radical (unpaired) electrons. The number of furan rings is 1. The molecule has 0 aliphatic carbocycles. The molecule has 36 heavy (non-hydrogen) atoms. The van der Waals surface area contributed by atoms with Gasteiger partial charge >= 0.3 is 0 Å². The van der Waals surface area contributed by atoms with Crippen molar-refractivity contribution < 1.29 is 4.42 Å². The van der Waals surface area contributed by atoms with Gasteiger partial charge in [-0.05, 0) is 72.8 Å². The molecule has 1 atom stereocenters. The highest BCUT2D eigenvalue weighted by atomic mass is 16.3. The second-order valence-corrected chi connectivity index (χ2v) is 10.1. The van der Waals surface area contributed by atoms with Crippen LogP contribution in [0, 0.1) is 6.92 Å². The molecule has 2 aromatic carbocycles. The molecule has 184 valence electrons. The zero-order chi connectivity index (χ0) is 25.3. The quantitative estimate of drug-likeness (QED) is 0.352. The summed E-state index contributed by atoms with van der Waals surface area (Å²) in [6.07, 6.45) is 1.66. The summed E-state index contributed by atoms with van der Waals surface area (Å²) < 4.78 is 7.54. The number of fused-ring (bicyclic) bond motifs is 1. The van der Waals surface area contributed by atoms with Gasteiger partial charge in [-0.2, -0.15) is 0 Å². The van der Waals surface area contributed by atoms with Crippen LogP contribution in [0.15, 0.2) is 82.2 Å². The molecule has 0 saturated heterocycles. The number of hydrogen-bond acceptors (Lipinski definition) is 6. The minimum Gasteiger partial charge on any atom is -0.468 e. The fourth-order valence-corrected chi connectivity index (χ4v) is 4.60. The number of aryl methyl sites for hydroxylation is 1. The van der Waals surface area contributed by atoms with Crippen molar-refractivity contribution in [1.29, 1.82) is 0 Å². The van der Waals surface area contributed by atoms with Gasteiger partial charge in [0.15, 0.2) is 5.82 Å². The Labute approximate surface area is 209 Å². The molecule has 3 heterocycles. The zero-order valence-electron chi connectivity index (χ0n) is 21.0. The normalized spacial score (nSPS) is 12.9. The van der Waals surface area contributed by atoms with E-state index in [1.54, 1.807) is 10.9 Å². The Kier molecular flexibility index (Phi) is 6.28. The number of benzene rings is 2. The summed E-state index contributed by atoms with van der Waals surface area (Å²) in [5, 5.41) is 13.8. The number of tetrazole rings is 1. The highest BCUT2D eigenvalue weighted by Crippen LogP contribution is 2.32. The van der Waals surface area contributed by atoms with Crippen molar-refractivity contribution in [2.75, 3.05) is 0 Å². The third kappa shape index (κ3) is 4.72. The van der Waals surface area contributed by atoms with Gasteiger partial charge in [-0.3, -0.25) is 9.69 Å². The first kappa shape index (κ1) is 23.7. The van der Waals surface area contributed by atoms with Gasteiger partial charge in [-0.1, -0.05) is 48.5 Å². The maximum absolute atomic E-state index is 13.7. The van der Waals surface area contributed by atoms with Gasteiger partial charge in [-0.15, -0.1) is 5.10 Å². The molecule has 0 aliphatic rings. The molecule has 3 aromatic heterocycles. The highest BCUT2D eigenvalue weighted by molar-refractivity contribution is 5.82. The topological polar surface area (TPSA) is 92.8 Å². The van der Waals surface area contributed by atoms with E-state index in [4.69, 9.17) is 4.42 Å². The number of nitrogens with one attached hydrogen (secondary N) is 1. The van der Waals surface area contributed by atoms with E-state index < -0.39 is 6.04 Å². The molecule has 5 rings (SSSR count). The van der Waals surface area contributed by atoms with Gasteiger partial charge in [0.25, 0.3) is 5.56 Å². The number of nitrogens with zero attached hydrogens (tertiary/aromatic N) is 5. The molecule has 0 fully saturated rings. The number of pyridine rings is 1. The number of rotatable bonds is 7. The monoisotopic (exact) mass is 482 g/mol. The van der Waals surface area contributed by atoms with Gasteiger partial charge in [0, 0.05) is 12.1 Å². The summed E-state index contributed by atoms with van der Waals surface area (Å²) in [4.78, 5) is 19.0. The smallest absolute Gasteiger partial charge is 0.253 e. The summed E-state index contributed by atoms with van der Waals surface area (Å²) in [5.74, 6) is 1.39. The van der Waals surface area contributed by atoms with Crippen LogP contribution >= 0.6 is 0 Å². The second kappa shape index (κ2) is 9.54.